The summed E-state index contributed by atoms with van der Waals surface area (Å²) < 4.78 is 58.4. The van der Waals surface area contributed by atoms with Gasteiger partial charge in [-0.3, -0.25) is 4.40 Å². The van der Waals surface area contributed by atoms with Gasteiger partial charge in [0, 0.05) is 29.9 Å². The van der Waals surface area contributed by atoms with E-state index in [-0.39, 0.29) is 23.4 Å². The predicted molar refractivity (Wildman–Crippen MR) is 109 cm³/mol. The molecule has 0 radical (unpaired) electrons. The Morgan fingerprint density at radius 2 is 1.88 bits per heavy atom. The second-order valence-electron chi connectivity index (χ2n) is 7.35. The Morgan fingerprint density at radius 1 is 1.06 bits per heavy atom. The standard InChI is InChI=1S/C21H16F4N6O/c22-11-3-6-17-30-18(10-1-2-10)19(31(17)9-11)14-8-16(26)29-21(28-14)27-12-4-5-15(13(23)7-12)32-20(24)25/h3-10,20H,1-2H2,(H3,26,27,28,29). The van der Waals surface area contributed by atoms with Gasteiger partial charge in [-0.1, -0.05) is 0 Å². The van der Waals surface area contributed by atoms with E-state index in [4.69, 9.17) is 5.73 Å². The molecule has 5 rings (SSSR count). The summed E-state index contributed by atoms with van der Waals surface area (Å²) in [5, 5.41) is 2.80. The second-order valence-corrected chi connectivity index (χ2v) is 7.35. The summed E-state index contributed by atoms with van der Waals surface area (Å²) in [6.45, 7) is -3.14. The number of ether oxygens (including phenoxy) is 1. The first-order valence-corrected chi connectivity index (χ1v) is 9.71. The van der Waals surface area contributed by atoms with Gasteiger partial charge < -0.3 is 15.8 Å². The number of nitrogens with one attached hydrogen (secondary N) is 1. The molecule has 0 atom stereocenters. The topological polar surface area (TPSA) is 90.4 Å². The number of aromatic nitrogens is 4. The molecule has 0 amide bonds. The predicted octanol–water partition coefficient (Wildman–Crippen LogP) is 4.87. The van der Waals surface area contributed by atoms with Gasteiger partial charge in [-0.25, -0.2) is 18.7 Å². The lowest BCUT2D eigenvalue weighted by atomic mass is 10.1. The van der Waals surface area contributed by atoms with Crippen LogP contribution in [0.5, 0.6) is 5.75 Å². The van der Waals surface area contributed by atoms with Crippen LogP contribution in [0, 0.1) is 11.6 Å². The molecule has 1 aliphatic carbocycles. The lowest BCUT2D eigenvalue weighted by Gasteiger charge is -2.11. The van der Waals surface area contributed by atoms with E-state index in [0.717, 1.165) is 30.7 Å². The number of nitrogens with two attached hydrogens (primary N) is 1. The minimum atomic E-state index is -3.14. The number of pyridine rings is 1. The molecule has 3 N–H and O–H groups in total. The van der Waals surface area contributed by atoms with Crippen LogP contribution in [-0.2, 0) is 0 Å². The smallest absolute Gasteiger partial charge is 0.387 e. The quantitative estimate of drug-likeness (QED) is 0.412. The molecule has 0 aliphatic heterocycles. The monoisotopic (exact) mass is 444 g/mol. The Morgan fingerprint density at radius 3 is 2.59 bits per heavy atom. The number of nitrogens with zero attached hydrogens (tertiary/aromatic N) is 4. The number of anilines is 3. The highest BCUT2D eigenvalue weighted by Crippen LogP contribution is 2.44. The van der Waals surface area contributed by atoms with Crippen LogP contribution in [0.1, 0.15) is 24.5 Å². The zero-order valence-corrected chi connectivity index (χ0v) is 16.4. The van der Waals surface area contributed by atoms with Crippen LogP contribution in [0.25, 0.3) is 17.0 Å². The molecule has 11 heteroatoms. The van der Waals surface area contributed by atoms with Gasteiger partial charge in [0.15, 0.2) is 11.6 Å². The molecule has 0 unspecified atom stereocenters. The van der Waals surface area contributed by atoms with E-state index < -0.39 is 24.0 Å². The van der Waals surface area contributed by atoms with E-state index in [1.165, 1.54) is 18.3 Å². The maximum atomic E-state index is 14.0. The van der Waals surface area contributed by atoms with Crippen molar-refractivity contribution in [1.82, 2.24) is 19.4 Å². The molecule has 0 spiro atoms. The first kappa shape index (κ1) is 20.0. The number of nitrogen functional groups attached to an aromatic ring is 1. The summed E-state index contributed by atoms with van der Waals surface area (Å²) in [7, 11) is 0. The maximum Gasteiger partial charge on any atom is 0.387 e. The summed E-state index contributed by atoms with van der Waals surface area (Å²) in [4.78, 5) is 13.2. The van der Waals surface area contributed by atoms with E-state index in [0.29, 0.717) is 17.0 Å². The number of fused-ring (bicyclic) bond motifs is 1. The maximum absolute atomic E-state index is 14.0. The third kappa shape index (κ3) is 3.88. The first-order chi connectivity index (χ1) is 15.4. The molecule has 7 nitrogen and oxygen atoms in total. The van der Waals surface area contributed by atoms with Crippen LogP contribution in [0.15, 0.2) is 42.6 Å². The fourth-order valence-electron chi connectivity index (χ4n) is 3.48. The Hall–Kier alpha value is -3.89. The SMILES string of the molecule is Nc1cc(-c2c(C3CC3)nc3ccc(F)cn23)nc(Nc2ccc(OC(F)F)c(F)c2)n1. The molecule has 32 heavy (non-hydrogen) atoms. The van der Waals surface area contributed by atoms with E-state index >= 15 is 0 Å². The summed E-state index contributed by atoms with van der Waals surface area (Å²) in [6.07, 6.45) is 3.26. The number of halogens is 4. The zero-order chi connectivity index (χ0) is 22.4. The second kappa shape index (κ2) is 7.66. The normalized spacial score (nSPS) is 13.7. The number of benzene rings is 1. The average Bonchev–Trinajstić information content (AvgIpc) is 3.50. The molecule has 3 aromatic heterocycles. The van der Waals surface area contributed by atoms with Crippen molar-refractivity contribution in [1.29, 1.82) is 0 Å². The fraction of sp³-hybridized carbons (Fsp3) is 0.190. The van der Waals surface area contributed by atoms with Gasteiger partial charge in [0.05, 0.1) is 17.1 Å². The van der Waals surface area contributed by atoms with Crippen molar-refractivity contribution >= 4 is 23.1 Å². The fourth-order valence-corrected chi connectivity index (χ4v) is 3.48. The van der Waals surface area contributed by atoms with Gasteiger partial charge in [0.2, 0.25) is 5.95 Å². The Labute approximate surface area is 178 Å². The van der Waals surface area contributed by atoms with E-state index in [1.807, 2.05) is 0 Å². The summed E-state index contributed by atoms with van der Waals surface area (Å²) in [6, 6.07) is 7.84. The van der Waals surface area contributed by atoms with Crippen molar-refractivity contribution in [2.24, 2.45) is 0 Å². The third-order valence-corrected chi connectivity index (χ3v) is 4.97. The molecule has 0 bridgehead atoms. The average molecular weight is 444 g/mol. The van der Waals surface area contributed by atoms with Gasteiger partial charge >= 0.3 is 6.61 Å². The van der Waals surface area contributed by atoms with Crippen molar-refractivity contribution in [2.75, 3.05) is 11.1 Å². The molecular formula is C21H16F4N6O. The molecule has 1 aromatic carbocycles. The van der Waals surface area contributed by atoms with Crippen molar-refractivity contribution < 1.29 is 22.3 Å². The minimum Gasteiger partial charge on any atom is -0.432 e. The lowest BCUT2D eigenvalue weighted by Crippen LogP contribution is -2.05. The largest absolute Gasteiger partial charge is 0.432 e. The molecule has 0 saturated heterocycles. The highest BCUT2D eigenvalue weighted by molar-refractivity contribution is 5.69. The van der Waals surface area contributed by atoms with E-state index in [9.17, 15) is 17.6 Å². The highest BCUT2D eigenvalue weighted by Gasteiger charge is 2.31. The van der Waals surface area contributed by atoms with Crippen LogP contribution in [0.2, 0.25) is 0 Å². The lowest BCUT2D eigenvalue weighted by molar-refractivity contribution is -0.0521. The van der Waals surface area contributed by atoms with Crippen molar-refractivity contribution in [2.45, 2.75) is 25.4 Å². The van der Waals surface area contributed by atoms with Crippen molar-refractivity contribution in [3.63, 3.8) is 0 Å². The minimum absolute atomic E-state index is 0.0510. The van der Waals surface area contributed by atoms with E-state index in [1.54, 1.807) is 16.5 Å². The molecule has 1 fully saturated rings. The van der Waals surface area contributed by atoms with Gasteiger partial charge in [-0.2, -0.15) is 13.8 Å². The van der Waals surface area contributed by atoms with Gasteiger partial charge in [-0.05, 0) is 37.1 Å². The first-order valence-electron chi connectivity index (χ1n) is 9.71. The Bertz CT molecular complexity index is 1320. The summed E-state index contributed by atoms with van der Waals surface area (Å²) >= 11 is 0. The van der Waals surface area contributed by atoms with Gasteiger partial charge in [0.25, 0.3) is 0 Å². The van der Waals surface area contributed by atoms with Gasteiger partial charge in [-0.15, -0.1) is 0 Å². The van der Waals surface area contributed by atoms with Gasteiger partial charge in [0.1, 0.15) is 17.3 Å². The highest BCUT2D eigenvalue weighted by atomic mass is 19.3. The van der Waals surface area contributed by atoms with Crippen LogP contribution < -0.4 is 15.8 Å². The number of rotatable bonds is 6. The molecular weight excluding hydrogens is 428 g/mol. The Balaban J connectivity index is 1.54. The number of imidazole rings is 1. The van der Waals surface area contributed by atoms with Crippen LogP contribution in [0.3, 0.4) is 0 Å². The molecule has 1 aliphatic rings. The summed E-state index contributed by atoms with van der Waals surface area (Å²) in [5.74, 6) is -1.56. The molecule has 3 heterocycles. The van der Waals surface area contributed by atoms with Crippen molar-refractivity contribution in [3.8, 4) is 17.1 Å². The number of alkyl halides is 2. The van der Waals surface area contributed by atoms with Crippen LogP contribution >= 0.6 is 0 Å². The zero-order valence-electron chi connectivity index (χ0n) is 16.4. The number of hydrogen-bond donors (Lipinski definition) is 2. The third-order valence-electron chi connectivity index (χ3n) is 4.97. The molecule has 164 valence electrons. The molecule has 1 saturated carbocycles. The van der Waals surface area contributed by atoms with Crippen LogP contribution in [0.4, 0.5) is 35.0 Å². The van der Waals surface area contributed by atoms with Crippen molar-refractivity contribution in [3.05, 3.63) is 59.9 Å². The summed E-state index contributed by atoms with van der Waals surface area (Å²) in [5.41, 5.74) is 8.56. The van der Waals surface area contributed by atoms with E-state index in [2.05, 4.69) is 25.0 Å². The Kier molecular flexibility index (Phi) is 4.80. The molecule has 4 aromatic rings. The number of hydrogen-bond acceptors (Lipinski definition) is 6. The van der Waals surface area contributed by atoms with Crippen LogP contribution in [-0.4, -0.2) is 26.0 Å².